The second-order valence-electron chi connectivity index (χ2n) is 6.60. The zero-order valence-electron chi connectivity index (χ0n) is 15.4. The molecule has 3 aromatic rings. The Hall–Kier alpha value is -2.52. The average molecular weight is 436 g/mol. The molecule has 2 heterocycles. The number of carbonyl (C=O) groups is 1. The number of amides is 1. The molecule has 1 aliphatic heterocycles. The molecule has 29 heavy (non-hydrogen) atoms. The van der Waals surface area contributed by atoms with Crippen LogP contribution in [0.3, 0.4) is 0 Å². The number of thioether (sulfide) groups is 1. The van der Waals surface area contributed by atoms with Crippen LogP contribution in [0.25, 0.3) is 0 Å². The number of hydrogen-bond acceptors (Lipinski definition) is 4. The predicted octanol–water partition coefficient (Wildman–Crippen LogP) is 4.79. The van der Waals surface area contributed by atoms with Gasteiger partial charge in [-0.25, -0.2) is 13.2 Å². The number of rotatable bonds is 3. The quantitative estimate of drug-likeness (QED) is 0.438. The molecule has 0 fully saturated rings. The predicted molar refractivity (Wildman–Crippen MR) is 108 cm³/mol. The van der Waals surface area contributed by atoms with Crippen LogP contribution in [0.4, 0.5) is 24.7 Å². The van der Waals surface area contributed by atoms with Crippen molar-refractivity contribution in [2.45, 2.75) is 17.2 Å². The van der Waals surface area contributed by atoms with Crippen LogP contribution in [-0.4, -0.2) is 16.7 Å². The van der Waals surface area contributed by atoms with Gasteiger partial charge in [-0.05, 0) is 24.0 Å². The number of hydrogen-bond donors (Lipinski definition) is 0. The minimum atomic E-state index is -1.61. The zero-order chi connectivity index (χ0) is 20.9. The number of thiazole rings is 1. The van der Waals surface area contributed by atoms with Crippen molar-refractivity contribution < 1.29 is 18.0 Å². The molecular formula is C20H15F3N2O2S2. The first-order chi connectivity index (χ1) is 13.8. The largest absolute Gasteiger partial charge is 0.308 e. The Morgan fingerprint density at radius 1 is 1.07 bits per heavy atom. The van der Waals surface area contributed by atoms with Crippen molar-refractivity contribution in [1.82, 2.24) is 4.57 Å². The van der Waals surface area contributed by atoms with Gasteiger partial charge in [0, 0.05) is 36.4 Å². The molecule has 0 saturated heterocycles. The second kappa shape index (κ2) is 7.38. The Bertz CT molecular complexity index is 1150. The SMILES string of the molecule is CSc1ccc([C@H]2CC(=O)N(c3cc(F)c(F)c(F)c3)c3c2sc(=O)n3C)cc1. The maximum Gasteiger partial charge on any atom is 0.308 e. The molecule has 1 atom stereocenters. The smallest absolute Gasteiger partial charge is 0.288 e. The van der Waals surface area contributed by atoms with Crippen molar-refractivity contribution in [2.75, 3.05) is 11.2 Å². The summed E-state index contributed by atoms with van der Waals surface area (Å²) in [5.74, 6) is -4.94. The third-order valence-corrected chi connectivity index (χ3v) is 6.79. The summed E-state index contributed by atoms with van der Waals surface area (Å²) in [6.45, 7) is 0. The summed E-state index contributed by atoms with van der Waals surface area (Å²) in [7, 11) is 1.49. The van der Waals surface area contributed by atoms with Crippen LogP contribution in [0.5, 0.6) is 0 Å². The van der Waals surface area contributed by atoms with Crippen LogP contribution in [-0.2, 0) is 11.8 Å². The zero-order valence-corrected chi connectivity index (χ0v) is 17.0. The molecule has 0 bridgehead atoms. The van der Waals surface area contributed by atoms with Crippen molar-refractivity contribution in [3.8, 4) is 0 Å². The Balaban J connectivity index is 1.88. The third kappa shape index (κ3) is 3.28. The number of halogens is 3. The van der Waals surface area contributed by atoms with E-state index in [-0.39, 0.29) is 28.7 Å². The lowest BCUT2D eigenvalue weighted by Gasteiger charge is -2.32. The highest BCUT2D eigenvalue weighted by atomic mass is 32.2. The molecule has 4 nitrogen and oxygen atoms in total. The summed E-state index contributed by atoms with van der Waals surface area (Å²) >= 11 is 2.58. The minimum absolute atomic E-state index is 0.0200. The molecule has 1 aromatic heterocycles. The fourth-order valence-corrected chi connectivity index (χ4v) is 4.97. The molecule has 9 heteroatoms. The summed E-state index contributed by atoms with van der Waals surface area (Å²) in [6, 6.07) is 9.21. The van der Waals surface area contributed by atoms with Gasteiger partial charge in [-0.1, -0.05) is 23.5 Å². The standard InChI is InChI=1S/C20H15F3N2O2S2/c1-24-19-18(29-20(24)27)13(10-3-5-12(28-2)6-4-10)9-16(26)25(19)11-7-14(21)17(23)15(22)8-11/h3-8,13H,9H2,1-2H3/t13-/m1/s1. The molecular weight excluding hydrogens is 421 g/mol. The number of carbonyl (C=O) groups excluding carboxylic acids is 1. The Morgan fingerprint density at radius 2 is 1.69 bits per heavy atom. The topological polar surface area (TPSA) is 42.3 Å². The van der Waals surface area contributed by atoms with E-state index in [9.17, 15) is 22.8 Å². The molecule has 1 amide bonds. The van der Waals surface area contributed by atoms with Gasteiger partial charge in [0.1, 0.15) is 5.82 Å². The van der Waals surface area contributed by atoms with Crippen LogP contribution in [0.15, 0.2) is 46.1 Å². The number of anilines is 2. The van der Waals surface area contributed by atoms with E-state index < -0.39 is 23.4 Å². The Kier molecular flexibility index (Phi) is 5.04. The first-order valence-corrected chi connectivity index (χ1v) is 10.7. The fourth-order valence-electron chi connectivity index (χ4n) is 3.47. The van der Waals surface area contributed by atoms with Crippen molar-refractivity contribution >= 4 is 40.5 Å². The maximum atomic E-state index is 13.8. The second-order valence-corrected chi connectivity index (χ2v) is 8.47. The average Bonchev–Trinajstić information content (AvgIpc) is 3.00. The van der Waals surface area contributed by atoms with Crippen molar-refractivity contribution in [2.24, 2.45) is 7.05 Å². The lowest BCUT2D eigenvalue weighted by atomic mass is 9.90. The molecule has 150 valence electrons. The van der Waals surface area contributed by atoms with Crippen molar-refractivity contribution in [3.05, 3.63) is 74.0 Å². The highest BCUT2D eigenvalue weighted by Gasteiger charge is 2.38. The van der Waals surface area contributed by atoms with Gasteiger partial charge in [0.25, 0.3) is 0 Å². The van der Waals surface area contributed by atoms with Crippen molar-refractivity contribution in [1.29, 1.82) is 0 Å². The molecule has 2 aromatic carbocycles. The van der Waals surface area contributed by atoms with Crippen LogP contribution in [0.2, 0.25) is 0 Å². The number of benzene rings is 2. The molecule has 0 spiro atoms. The highest BCUT2D eigenvalue weighted by Crippen LogP contribution is 2.45. The van der Waals surface area contributed by atoms with E-state index in [0.717, 1.165) is 38.8 Å². The number of fused-ring (bicyclic) bond motifs is 1. The van der Waals surface area contributed by atoms with Crippen LogP contribution >= 0.6 is 23.1 Å². The Labute approximate surface area is 172 Å². The van der Waals surface area contributed by atoms with Gasteiger partial charge >= 0.3 is 4.87 Å². The summed E-state index contributed by atoms with van der Waals surface area (Å²) in [5, 5.41) is 0. The molecule has 0 N–H and O–H groups in total. The first-order valence-electron chi connectivity index (χ1n) is 8.63. The normalized spacial score (nSPS) is 16.2. The molecule has 0 radical (unpaired) electrons. The van der Waals surface area contributed by atoms with E-state index in [4.69, 9.17) is 0 Å². The number of aromatic nitrogens is 1. The van der Waals surface area contributed by atoms with Gasteiger partial charge in [0.15, 0.2) is 17.5 Å². The van der Waals surface area contributed by atoms with Gasteiger partial charge in [0.2, 0.25) is 5.91 Å². The van der Waals surface area contributed by atoms with Crippen molar-refractivity contribution in [3.63, 3.8) is 0 Å². The Morgan fingerprint density at radius 3 is 2.28 bits per heavy atom. The van der Waals surface area contributed by atoms with Gasteiger partial charge in [-0.15, -0.1) is 11.8 Å². The molecule has 1 aliphatic rings. The first kappa shape index (κ1) is 19.8. The van der Waals surface area contributed by atoms with Crippen LogP contribution in [0.1, 0.15) is 22.8 Å². The third-order valence-electron chi connectivity index (χ3n) is 4.91. The van der Waals surface area contributed by atoms with E-state index in [1.807, 2.05) is 30.5 Å². The summed E-state index contributed by atoms with van der Waals surface area (Å²) in [6.07, 6.45) is 1.98. The lowest BCUT2D eigenvalue weighted by molar-refractivity contribution is -0.118. The molecule has 0 saturated carbocycles. The van der Waals surface area contributed by atoms with Gasteiger partial charge < -0.3 is 0 Å². The van der Waals surface area contributed by atoms with Gasteiger partial charge in [-0.3, -0.25) is 19.1 Å². The molecule has 0 aliphatic carbocycles. The highest BCUT2D eigenvalue weighted by molar-refractivity contribution is 7.98. The van der Waals surface area contributed by atoms with E-state index in [1.54, 1.807) is 11.8 Å². The summed E-state index contributed by atoms with van der Waals surface area (Å²) in [4.78, 5) is 27.9. The van der Waals surface area contributed by atoms with E-state index in [2.05, 4.69) is 0 Å². The maximum absolute atomic E-state index is 13.8. The van der Waals surface area contributed by atoms with Gasteiger partial charge in [0.05, 0.1) is 10.6 Å². The van der Waals surface area contributed by atoms with Gasteiger partial charge in [-0.2, -0.15) is 0 Å². The molecule has 0 unspecified atom stereocenters. The summed E-state index contributed by atoms with van der Waals surface area (Å²) < 4.78 is 42.3. The van der Waals surface area contributed by atoms with Crippen LogP contribution < -0.4 is 9.77 Å². The van der Waals surface area contributed by atoms with Crippen LogP contribution in [0, 0.1) is 17.5 Å². The van der Waals surface area contributed by atoms with E-state index in [0.29, 0.717) is 4.88 Å². The van der Waals surface area contributed by atoms with E-state index >= 15 is 0 Å². The lowest BCUT2D eigenvalue weighted by Crippen LogP contribution is -2.35. The van der Waals surface area contributed by atoms with E-state index in [1.165, 1.54) is 11.6 Å². The minimum Gasteiger partial charge on any atom is -0.288 e. The summed E-state index contributed by atoms with van der Waals surface area (Å²) in [5.41, 5.74) is 0.715. The monoisotopic (exact) mass is 436 g/mol. The number of nitrogens with zero attached hydrogens (tertiary/aromatic N) is 2. The fraction of sp³-hybridized carbons (Fsp3) is 0.200. The molecule has 4 rings (SSSR count).